The van der Waals surface area contributed by atoms with Gasteiger partial charge in [0.2, 0.25) is 0 Å². The van der Waals surface area contributed by atoms with Crippen molar-refractivity contribution in [3.63, 3.8) is 0 Å². The molecule has 1 aromatic carbocycles. The van der Waals surface area contributed by atoms with Crippen LogP contribution in [0.1, 0.15) is 40.2 Å². The van der Waals surface area contributed by atoms with E-state index < -0.39 is 11.7 Å². The molecule has 20 heavy (non-hydrogen) atoms. The second kappa shape index (κ2) is 9.23. The van der Waals surface area contributed by atoms with Gasteiger partial charge in [-0.2, -0.15) is 0 Å². The number of rotatable bonds is 4. The first-order chi connectivity index (χ1) is 9.37. The summed E-state index contributed by atoms with van der Waals surface area (Å²) in [6, 6.07) is 7.78. The van der Waals surface area contributed by atoms with Crippen LogP contribution in [-0.2, 0) is 4.74 Å². The Labute approximate surface area is 122 Å². The van der Waals surface area contributed by atoms with Gasteiger partial charge in [-0.1, -0.05) is 31.5 Å². The number of ether oxygens (including phenoxy) is 2. The van der Waals surface area contributed by atoms with Crippen LogP contribution >= 0.6 is 0 Å². The maximum atomic E-state index is 11.3. The van der Waals surface area contributed by atoms with Gasteiger partial charge in [0, 0.05) is 0 Å². The minimum Gasteiger partial charge on any atom is -0.492 e. The van der Waals surface area contributed by atoms with Crippen molar-refractivity contribution in [2.75, 3.05) is 13.2 Å². The zero-order valence-corrected chi connectivity index (χ0v) is 13.4. The molecule has 0 atom stereocenters. The zero-order valence-electron chi connectivity index (χ0n) is 13.4. The number of hydrogen-bond donors (Lipinski definition) is 1. The fraction of sp³-hybridized carbons (Fsp3) is 0.562. The first-order valence-corrected chi connectivity index (χ1v) is 7.03. The monoisotopic (exact) mass is 281 g/mol. The number of benzene rings is 1. The number of aryl methyl sites for hydroxylation is 1. The van der Waals surface area contributed by atoms with E-state index in [1.165, 1.54) is 5.56 Å². The lowest BCUT2D eigenvalue weighted by atomic mass is 10.2. The average molecular weight is 281 g/mol. The molecule has 0 aliphatic heterocycles. The van der Waals surface area contributed by atoms with Gasteiger partial charge in [-0.3, -0.25) is 0 Å². The lowest BCUT2D eigenvalue weighted by molar-refractivity contribution is 0.0520. The third kappa shape index (κ3) is 9.25. The van der Waals surface area contributed by atoms with Gasteiger partial charge in [0.15, 0.2) is 0 Å². The van der Waals surface area contributed by atoms with E-state index in [1.807, 2.05) is 65.8 Å². The fourth-order valence-corrected chi connectivity index (χ4v) is 1.27. The summed E-state index contributed by atoms with van der Waals surface area (Å²) in [6.45, 7) is 12.3. The average Bonchev–Trinajstić information content (AvgIpc) is 2.37. The molecule has 0 aromatic heterocycles. The van der Waals surface area contributed by atoms with Crippen molar-refractivity contribution in [3.8, 4) is 5.75 Å². The molecule has 4 heteroatoms. The van der Waals surface area contributed by atoms with Gasteiger partial charge in [0.1, 0.15) is 18.0 Å². The summed E-state index contributed by atoms with van der Waals surface area (Å²) in [7, 11) is 0. The standard InChI is InChI=1S/C14H21NO3.C2H6/c1-11-5-7-12(8-6-11)17-10-9-15-13(16)18-14(2,3)4;1-2/h5-8H,9-10H2,1-4H3,(H,15,16);1-2H3. The van der Waals surface area contributed by atoms with E-state index in [1.54, 1.807) is 0 Å². The largest absolute Gasteiger partial charge is 0.492 e. The van der Waals surface area contributed by atoms with Crippen LogP contribution < -0.4 is 10.1 Å². The Morgan fingerprint density at radius 1 is 1.15 bits per heavy atom. The van der Waals surface area contributed by atoms with Crippen molar-refractivity contribution in [1.29, 1.82) is 0 Å². The minimum absolute atomic E-state index is 0.419. The highest BCUT2D eigenvalue weighted by atomic mass is 16.6. The highest BCUT2D eigenvalue weighted by Gasteiger charge is 2.15. The smallest absolute Gasteiger partial charge is 0.407 e. The third-order valence-corrected chi connectivity index (χ3v) is 2.06. The lowest BCUT2D eigenvalue weighted by Gasteiger charge is -2.19. The molecular weight excluding hydrogens is 254 g/mol. The second-order valence-corrected chi connectivity index (χ2v) is 5.09. The molecule has 1 amide bonds. The Kier molecular flexibility index (Phi) is 8.45. The summed E-state index contributed by atoms with van der Waals surface area (Å²) >= 11 is 0. The van der Waals surface area contributed by atoms with E-state index in [9.17, 15) is 4.79 Å². The van der Waals surface area contributed by atoms with Crippen molar-refractivity contribution in [1.82, 2.24) is 5.32 Å². The van der Waals surface area contributed by atoms with Crippen molar-refractivity contribution in [2.45, 2.75) is 47.1 Å². The van der Waals surface area contributed by atoms with Crippen LogP contribution in [0.3, 0.4) is 0 Å². The molecule has 0 fully saturated rings. The summed E-state index contributed by atoms with van der Waals surface area (Å²) in [4.78, 5) is 11.3. The summed E-state index contributed by atoms with van der Waals surface area (Å²) in [5.74, 6) is 0.798. The summed E-state index contributed by atoms with van der Waals surface area (Å²) < 4.78 is 10.6. The van der Waals surface area contributed by atoms with Crippen LogP contribution in [0.15, 0.2) is 24.3 Å². The summed E-state index contributed by atoms with van der Waals surface area (Å²) in [5.41, 5.74) is 0.719. The highest BCUT2D eigenvalue weighted by molar-refractivity contribution is 5.67. The first kappa shape index (κ1) is 18.3. The van der Waals surface area contributed by atoms with Crippen molar-refractivity contribution < 1.29 is 14.3 Å². The molecule has 1 rings (SSSR count). The van der Waals surface area contributed by atoms with Gasteiger partial charge < -0.3 is 14.8 Å². The number of nitrogens with one attached hydrogen (secondary N) is 1. The molecule has 0 aliphatic carbocycles. The van der Waals surface area contributed by atoms with E-state index in [0.717, 1.165) is 5.75 Å². The summed E-state index contributed by atoms with van der Waals surface area (Å²) in [5, 5.41) is 2.63. The number of carbonyl (C=O) groups excluding carboxylic acids is 1. The van der Waals surface area contributed by atoms with Gasteiger partial charge in [-0.05, 0) is 39.8 Å². The number of alkyl carbamates (subject to hydrolysis) is 1. The molecule has 0 spiro atoms. The molecular formula is C16H27NO3. The van der Waals surface area contributed by atoms with E-state index in [2.05, 4.69) is 5.32 Å². The maximum absolute atomic E-state index is 11.3. The molecule has 1 N–H and O–H groups in total. The Bertz CT molecular complexity index is 380. The highest BCUT2D eigenvalue weighted by Crippen LogP contribution is 2.10. The molecule has 0 saturated carbocycles. The number of hydrogen-bond acceptors (Lipinski definition) is 3. The van der Waals surface area contributed by atoms with Crippen LogP contribution in [0.5, 0.6) is 5.75 Å². The lowest BCUT2D eigenvalue weighted by Crippen LogP contribution is -2.34. The molecule has 4 nitrogen and oxygen atoms in total. The molecule has 0 radical (unpaired) electrons. The van der Waals surface area contributed by atoms with Crippen molar-refractivity contribution in [3.05, 3.63) is 29.8 Å². The number of amides is 1. The topological polar surface area (TPSA) is 47.6 Å². The Hall–Kier alpha value is -1.71. The maximum Gasteiger partial charge on any atom is 0.407 e. The minimum atomic E-state index is -0.470. The van der Waals surface area contributed by atoms with E-state index in [0.29, 0.717) is 13.2 Å². The van der Waals surface area contributed by atoms with Gasteiger partial charge in [-0.15, -0.1) is 0 Å². The Morgan fingerprint density at radius 2 is 1.70 bits per heavy atom. The zero-order chi connectivity index (χ0) is 15.6. The molecule has 0 saturated heterocycles. The fourth-order valence-electron chi connectivity index (χ4n) is 1.27. The second-order valence-electron chi connectivity index (χ2n) is 5.09. The quantitative estimate of drug-likeness (QED) is 0.851. The van der Waals surface area contributed by atoms with Crippen LogP contribution in [0.25, 0.3) is 0 Å². The molecule has 0 bridgehead atoms. The Balaban J connectivity index is 0.00000172. The van der Waals surface area contributed by atoms with Gasteiger partial charge in [0.25, 0.3) is 0 Å². The molecule has 0 aliphatic rings. The normalized spacial score (nSPS) is 10.1. The molecule has 0 unspecified atom stereocenters. The number of carbonyl (C=O) groups is 1. The van der Waals surface area contributed by atoms with E-state index >= 15 is 0 Å². The molecule has 1 aromatic rings. The SMILES string of the molecule is CC.Cc1ccc(OCCNC(=O)OC(C)(C)C)cc1. The molecule has 114 valence electrons. The van der Waals surface area contributed by atoms with Crippen LogP contribution in [-0.4, -0.2) is 24.8 Å². The third-order valence-electron chi connectivity index (χ3n) is 2.06. The Morgan fingerprint density at radius 3 is 2.20 bits per heavy atom. The summed E-state index contributed by atoms with van der Waals surface area (Å²) in [6.07, 6.45) is -0.421. The van der Waals surface area contributed by atoms with Gasteiger partial charge in [-0.25, -0.2) is 4.79 Å². The predicted molar refractivity (Wildman–Crippen MR) is 82.3 cm³/mol. The van der Waals surface area contributed by atoms with Crippen LogP contribution in [0.4, 0.5) is 4.79 Å². The van der Waals surface area contributed by atoms with Crippen LogP contribution in [0, 0.1) is 6.92 Å². The van der Waals surface area contributed by atoms with Gasteiger partial charge in [0.05, 0.1) is 6.54 Å². The predicted octanol–water partition coefficient (Wildman–Crippen LogP) is 3.92. The van der Waals surface area contributed by atoms with Gasteiger partial charge >= 0.3 is 6.09 Å². The van der Waals surface area contributed by atoms with Crippen molar-refractivity contribution >= 4 is 6.09 Å². The van der Waals surface area contributed by atoms with Crippen LogP contribution in [0.2, 0.25) is 0 Å². The van der Waals surface area contributed by atoms with E-state index in [-0.39, 0.29) is 0 Å². The van der Waals surface area contributed by atoms with E-state index in [4.69, 9.17) is 9.47 Å². The molecule has 0 heterocycles. The van der Waals surface area contributed by atoms with Crippen molar-refractivity contribution in [2.24, 2.45) is 0 Å². The first-order valence-electron chi connectivity index (χ1n) is 7.03.